The van der Waals surface area contributed by atoms with Crippen molar-refractivity contribution in [3.63, 3.8) is 0 Å². The minimum atomic E-state index is -0.111. The molecule has 1 saturated heterocycles. The number of amides is 2. The fraction of sp³-hybridized carbons (Fsp3) is 0.316. The first-order valence-corrected chi connectivity index (χ1v) is 8.80. The van der Waals surface area contributed by atoms with Crippen LogP contribution in [0.5, 0.6) is 5.75 Å². The number of likely N-dealkylation sites (tertiary alicyclic amines) is 1. The summed E-state index contributed by atoms with van der Waals surface area (Å²) in [6.07, 6.45) is 3.12. The fourth-order valence-corrected chi connectivity index (χ4v) is 3.11. The van der Waals surface area contributed by atoms with Crippen molar-refractivity contribution in [2.45, 2.75) is 18.8 Å². The largest absolute Gasteiger partial charge is 0.497 e. The van der Waals surface area contributed by atoms with Gasteiger partial charge >= 0.3 is 6.03 Å². The number of ether oxygens (including phenoxy) is 1. The molecular formula is C19H20N4O4. The molecule has 0 saturated carbocycles. The average Bonchev–Trinajstić information content (AvgIpc) is 3.40. The van der Waals surface area contributed by atoms with Crippen LogP contribution in [0.2, 0.25) is 0 Å². The monoisotopic (exact) mass is 368 g/mol. The predicted molar refractivity (Wildman–Crippen MR) is 97.6 cm³/mol. The molecule has 27 heavy (non-hydrogen) atoms. The Hall–Kier alpha value is -3.29. The Morgan fingerprint density at radius 2 is 1.96 bits per heavy atom. The highest BCUT2D eigenvalue weighted by atomic mass is 16.5. The molecule has 140 valence electrons. The highest BCUT2D eigenvalue weighted by molar-refractivity contribution is 5.89. The zero-order valence-electron chi connectivity index (χ0n) is 14.9. The number of nitrogens with zero attached hydrogens (tertiary/aromatic N) is 3. The molecule has 4 rings (SSSR count). The molecule has 1 aliphatic heterocycles. The van der Waals surface area contributed by atoms with Crippen molar-refractivity contribution in [3.8, 4) is 17.4 Å². The van der Waals surface area contributed by atoms with E-state index >= 15 is 0 Å². The lowest BCUT2D eigenvalue weighted by molar-refractivity contribution is 0.190. The van der Waals surface area contributed by atoms with Crippen molar-refractivity contribution < 1.29 is 18.4 Å². The van der Waals surface area contributed by atoms with E-state index in [2.05, 4.69) is 15.5 Å². The Morgan fingerprint density at radius 3 is 2.63 bits per heavy atom. The van der Waals surface area contributed by atoms with Crippen LogP contribution in [0.25, 0.3) is 11.7 Å². The third kappa shape index (κ3) is 3.79. The lowest BCUT2D eigenvalue weighted by Gasteiger charge is -2.30. The first kappa shape index (κ1) is 17.1. The Bertz CT molecular complexity index is 881. The molecule has 0 bridgehead atoms. The quantitative estimate of drug-likeness (QED) is 0.754. The van der Waals surface area contributed by atoms with Gasteiger partial charge in [-0.1, -0.05) is 0 Å². The van der Waals surface area contributed by atoms with Crippen LogP contribution in [0.15, 0.2) is 51.5 Å². The van der Waals surface area contributed by atoms with Crippen molar-refractivity contribution in [2.75, 3.05) is 25.5 Å². The molecule has 0 radical (unpaired) electrons. The van der Waals surface area contributed by atoms with Gasteiger partial charge in [0.1, 0.15) is 5.75 Å². The number of rotatable bonds is 4. The third-order valence-electron chi connectivity index (χ3n) is 4.65. The third-order valence-corrected chi connectivity index (χ3v) is 4.65. The molecule has 0 unspecified atom stereocenters. The van der Waals surface area contributed by atoms with Gasteiger partial charge in [0, 0.05) is 24.7 Å². The number of carbonyl (C=O) groups excluding carboxylic acids is 1. The van der Waals surface area contributed by atoms with Crippen LogP contribution in [0.1, 0.15) is 24.7 Å². The summed E-state index contributed by atoms with van der Waals surface area (Å²) in [4.78, 5) is 14.2. The van der Waals surface area contributed by atoms with Gasteiger partial charge in [-0.15, -0.1) is 10.2 Å². The second-order valence-electron chi connectivity index (χ2n) is 6.34. The lowest BCUT2D eigenvalue weighted by atomic mass is 9.97. The number of urea groups is 1. The molecule has 0 spiro atoms. The molecule has 1 fully saturated rings. The average molecular weight is 368 g/mol. The number of furan rings is 1. The molecule has 2 amide bonds. The van der Waals surface area contributed by atoms with Gasteiger partial charge in [0.25, 0.3) is 5.89 Å². The summed E-state index contributed by atoms with van der Waals surface area (Å²) in [5.41, 5.74) is 0.739. The molecule has 3 heterocycles. The Labute approximate surface area is 156 Å². The Balaban J connectivity index is 1.32. The zero-order valence-corrected chi connectivity index (χ0v) is 14.9. The summed E-state index contributed by atoms with van der Waals surface area (Å²) >= 11 is 0. The minimum Gasteiger partial charge on any atom is -0.497 e. The minimum absolute atomic E-state index is 0.111. The number of piperidine rings is 1. The van der Waals surface area contributed by atoms with Crippen LogP contribution >= 0.6 is 0 Å². The molecule has 8 heteroatoms. The molecule has 3 aromatic rings. The first-order chi connectivity index (χ1) is 13.2. The Morgan fingerprint density at radius 1 is 1.19 bits per heavy atom. The molecule has 1 aromatic carbocycles. The summed E-state index contributed by atoms with van der Waals surface area (Å²) in [6, 6.07) is 10.7. The van der Waals surface area contributed by atoms with E-state index in [1.165, 1.54) is 0 Å². The number of nitrogens with one attached hydrogen (secondary N) is 1. The topological polar surface area (TPSA) is 93.6 Å². The summed E-state index contributed by atoms with van der Waals surface area (Å²) in [7, 11) is 1.61. The summed E-state index contributed by atoms with van der Waals surface area (Å²) < 4.78 is 16.1. The van der Waals surface area contributed by atoms with E-state index in [9.17, 15) is 4.79 Å². The highest BCUT2D eigenvalue weighted by Gasteiger charge is 2.27. The van der Waals surface area contributed by atoms with E-state index in [4.69, 9.17) is 13.6 Å². The predicted octanol–water partition coefficient (Wildman–Crippen LogP) is 3.75. The smallest absolute Gasteiger partial charge is 0.321 e. The molecular weight excluding hydrogens is 348 g/mol. The highest BCUT2D eigenvalue weighted by Crippen LogP contribution is 2.29. The van der Waals surface area contributed by atoms with Gasteiger partial charge in [-0.3, -0.25) is 0 Å². The van der Waals surface area contributed by atoms with E-state index in [1.54, 1.807) is 30.4 Å². The van der Waals surface area contributed by atoms with E-state index in [-0.39, 0.29) is 11.9 Å². The zero-order chi connectivity index (χ0) is 18.6. The number of aromatic nitrogens is 2. The Kier molecular flexibility index (Phi) is 4.78. The van der Waals surface area contributed by atoms with Crippen LogP contribution in [-0.2, 0) is 0 Å². The molecule has 1 N–H and O–H groups in total. The molecule has 1 aliphatic rings. The van der Waals surface area contributed by atoms with E-state index in [0.29, 0.717) is 30.6 Å². The van der Waals surface area contributed by atoms with Crippen LogP contribution < -0.4 is 10.1 Å². The van der Waals surface area contributed by atoms with Crippen molar-refractivity contribution in [3.05, 3.63) is 48.6 Å². The number of hydrogen-bond acceptors (Lipinski definition) is 6. The maximum atomic E-state index is 12.4. The molecule has 8 nitrogen and oxygen atoms in total. The van der Waals surface area contributed by atoms with Crippen LogP contribution in [0.4, 0.5) is 10.5 Å². The molecule has 0 aliphatic carbocycles. The first-order valence-electron chi connectivity index (χ1n) is 8.80. The maximum absolute atomic E-state index is 12.4. The second-order valence-corrected chi connectivity index (χ2v) is 6.34. The standard InChI is InChI=1S/C19H20N4O4/c1-25-15-6-4-14(5-7-15)20-19(24)23-10-8-13(9-11-23)17-21-22-18(27-17)16-3-2-12-26-16/h2-7,12-13H,8-11H2,1H3,(H,20,24). The number of carbonyl (C=O) groups is 1. The van der Waals surface area contributed by atoms with Gasteiger partial charge < -0.3 is 23.8 Å². The van der Waals surface area contributed by atoms with Gasteiger partial charge in [-0.25, -0.2) is 4.79 Å². The normalized spacial score (nSPS) is 14.9. The molecule has 0 atom stereocenters. The van der Waals surface area contributed by atoms with E-state index < -0.39 is 0 Å². The van der Waals surface area contributed by atoms with Crippen molar-refractivity contribution >= 4 is 11.7 Å². The number of anilines is 1. The number of benzene rings is 1. The molecule has 2 aromatic heterocycles. The van der Waals surface area contributed by atoms with Crippen LogP contribution in [0, 0.1) is 0 Å². The summed E-state index contributed by atoms with van der Waals surface area (Å²) in [5, 5.41) is 11.1. The summed E-state index contributed by atoms with van der Waals surface area (Å²) in [6.45, 7) is 1.26. The lowest BCUT2D eigenvalue weighted by Crippen LogP contribution is -2.40. The number of hydrogen-bond donors (Lipinski definition) is 1. The van der Waals surface area contributed by atoms with Crippen molar-refractivity contribution in [1.82, 2.24) is 15.1 Å². The maximum Gasteiger partial charge on any atom is 0.321 e. The second kappa shape index (κ2) is 7.53. The van der Waals surface area contributed by atoms with Gasteiger partial charge in [-0.05, 0) is 49.2 Å². The summed E-state index contributed by atoms with van der Waals surface area (Å²) in [5.74, 6) is 2.44. The SMILES string of the molecule is COc1ccc(NC(=O)N2CCC(c3nnc(-c4ccco4)o3)CC2)cc1. The van der Waals surface area contributed by atoms with Crippen molar-refractivity contribution in [1.29, 1.82) is 0 Å². The van der Waals surface area contributed by atoms with Gasteiger partial charge in [-0.2, -0.15) is 0 Å². The van der Waals surface area contributed by atoms with E-state index in [1.807, 2.05) is 24.3 Å². The van der Waals surface area contributed by atoms with E-state index in [0.717, 1.165) is 24.3 Å². The van der Waals surface area contributed by atoms with Crippen LogP contribution in [-0.4, -0.2) is 41.3 Å². The van der Waals surface area contributed by atoms with Crippen LogP contribution in [0.3, 0.4) is 0 Å². The van der Waals surface area contributed by atoms with Gasteiger partial charge in [0.15, 0.2) is 5.76 Å². The van der Waals surface area contributed by atoms with Gasteiger partial charge in [0.2, 0.25) is 5.89 Å². The number of methoxy groups -OCH3 is 1. The van der Waals surface area contributed by atoms with Gasteiger partial charge in [0.05, 0.1) is 13.4 Å². The van der Waals surface area contributed by atoms with Crippen molar-refractivity contribution in [2.24, 2.45) is 0 Å². The fourth-order valence-electron chi connectivity index (χ4n) is 3.11.